The first-order valence-corrected chi connectivity index (χ1v) is 10.9. The Balaban J connectivity index is 1.60. The largest absolute Gasteiger partial charge is 0.332 e. The SMILES string of the molecule is CCS(=O)(=O)N1C[C@H]2CC1C1C(=O)N(c3ccc(C#N)c4ncccc34)C(=O)N12. The first-order chi connectivity index (χ1) is 13.9. The summed E-state index contributed by atoms with van der Waals surface area (Å²) >= 11 is 0. The van der Waals surface area contributed by atoms with Crippen LogP contribution in [-0.2, 0) is 14.8 Å². The Labute approximate surface area is 167 Å². The summed E-state index contributed by atoms with van der Waals surface area (Å²) in [5.41, 5.74) is 1.13. The lowest BCUT2D eigenvalue weighted by molar-refractivity contribution is -0.120. The zero-order valence-electron chi connectivity index (χ0n) is 15.5. The number of fused-ring (bicyclic) bond motifs is 6. The van der Waals surface area contributed by atoms with Crippen LogP contribution >= 0.6 is 0 Å². The third kappa shape index (κ3) is 2.28. The van der Waals surface area contributed by atoms with E-state index in [0.717, 1.165) is 4.90 Å². The molecular formula is C19H17N5O4S. The van der Waals surface area contributed by atoms with Crippen LogP contribution in [0, 0.1) is 11.3 Å². The van der Waals surface area contributed by atoms with Crippen LogP contribution in [0.25, 0.3) is 10.9 Å². The predicted molar refractivity (Wildman–Crippen MR) is 103 cm³/mol. The molecule has 29 heavy (non-hydrogen) atoms. The normalized spacial score (nSPS) is 26.4. The zero-order valence-corrected chi connectivity index (χ0v) is 16.3. The summed E-state index contributed by atoms with van der Waals surface area (Å²) in [5.74, 6) is -0.478. The summed E-state index contributed by atoms with van der Waals surface area (Å²) < 4.78 is 26.2. The minimum absolute atomic E-state index is 0.0410. The van der Waals surface area contributed by atoms with E-state index in [2.05, 4.69) is 11.1 Å². The second-order valence-corrected chi connectivity index (χ2v) is 9.59. The van der Waals surface area contributed by atoms with E-state index in [9.17, 15) is 23.3 Å². The van der Waals surface area contributed by atoms with Gasteiger partial charge in [0, 0.05) is 24.2 Å². The van der Waals surface area contributed by atoms with Crippen molar-refractivity contribution in [2.45, 2.75) is 31.5 Å². The van der Waals surface area contributed by atoms with Crippen molar-refractivity contribution in [1.82, 2.24) is 14.2 Å². The van der Waals surface area contributed by atoms with Crippen molar-refractivity contribution in [3.05, 3.63) is 36.0 Å². The first kappa shape index (κ1) is 18.0. The molecule has 1 aromatic heterocycles. The standard InChI is InChI=1S/C19H17N5O4S/c1-2-29(27,28)22-10-12-8-15(22)17-18(25)24(19(26)23(12)17)14-6-5-11(9-20)16-13(14)4-3-7-21-16/h3-7,12,15,17H,2,8,10H2,1H3/t12-,15?,17?/m1/s1. The number of urea groups is 1. The number of sulfonamides is 1. The van der Waals surface area contributed by atoms with Crippen LogP contribution in [-0.4, -0.2) is 65.0 Å². The quantitative estimate of drug-likeness (QED) is 0.698. The minimum Gasteiger partial charge on any atom is -0.306 e. The molecule has 1 aromatic carbocycles. The van der Waals surface area contributed by atoms with Gasteiger partial charge in [-0.2, -0.15) is 9.57 Å². The smallest absolute Gasteiger partial charge is 0.306 e. The second kappa shape index (κ2) is 5.98. The summed E-state index contributed by atoms with van der Waals surface area (Å²) in [7, 11) is -3.46. The van der Waals surface area contributed by atoms with Gasteiger partial charge in [0.25, 0.3) is 5.91 Å². The number of hydrogen-bond acceptors (Lipinski definition) is 6. The van der Waals surface area contributed by atoms with Crippen LogP contribution in [0.4, 0.5) is 10.5 Å². The Kier molecular flexibility index (Phi) is 3.72. The molecule has 0 aliphatic carbocycles. The number of piperazine rings is 1. The van der Waals surface area contributed by atoms with Gasteiger partial charge in [-0.15, -0.1) is 0 Å². The van der Waals surface area contributed by atoms with E-state index in [1.54, 1.807) is 31.3 Å². The zero-order chi connectivity index (χ0) is 20.5. The molecule has 3 aliphatic heterocycles. The molecule has 0 spiro atoms. The minimum atomic E-state index is -3.46. The summed E-state index contributed by atoms with van der Waals surface area (Å²) in [6.45, 7) is 1.79. The highest BCUT2D eigenvalue weighted by atomic mass is 32.2. The number of amides is 3. The topological polar surface area (TPSA) is 115 Å². The molecule has 3 saturated heterocycles. The molecule has 148 valence electrons. The molecule has 2 aromatic rings. The summed E-state index contributed by atoms with van der Waals surface area (Å²) in [6.07, 6.45) is 2.03. The van der Waals surface area contributed by atoms with Gasteiger partial charge in [-0.05, 0) is 37.6 Å². The van der Waals surface area contributed by atoms with E-state index in [0.29, 0.717) is 28.6 Å². The molecule has 5 rings (SSSR count). The van der Waals surface area contributed by atoms with Crippen LogP contribution in [0.3, 0.4) is 0 Å². The van der Waals surface area contributed by atoms with Crippen LogP contribution in [0.1, 0.15) is 18.9 Å². The number of nitrogens with zero attached hydrogens (tertiary/aromatic N) is 5. The van der Waals surface area contributed by atoms with Gasteiger partial charge >= 0.3 is 6.03 Å². The van der Waals surface area contributed by atoms with E-state index in [1.807, 2.05) is 0 Å². The molecule has 0 saturated carbocycles. The molecular weight excluding hydrogens is 394 g/mol. The molecule has 0 N–H and O–H groups in total. The van der Waals surface area contributed by atoms with Gasteiger partial charge < -0.3 is 4.90 Å². The number of pyridine rings is 1. The fourth-order valence-electron chi connectivity index (χ4n) is 4.77. The number of carbonyl (C=O) groups excluding carboxylic acids is 2. The Morgan fingerprint density at radius 1 is 1.28 bits per heavy atom. The van der Waals surface area contributed by atoms with Gasteiger partial charge in [0.1, 0.15) is 12.1 Å². The third-order valence-electron chi connectivity index (χ3n) is 6.05. The van der Waals surface area contributed by atoms with Gasteiger partial charge in [0.15, 0.2) is 0 Å². The van der Waals surface area contributed by atoms with Crippen molar-refractivity contribution in [3.63, 3.8) is 0 Å². The maximum atomic E-state index is 13.3. The van der Waals surface area contributed by atoms with Gasteiger partial charge in [-0.25, -0.2) is 18.1 Å². The number of carbonyl (C=O) groups is 2. The third-order valence-corrected chi connectivity index (χ3v) is 7.91. The van der Waals surface area contributed by atoms with Crippen LogP contribution < -0.4 is 4.90 Å². The summed E-state index contributed by atoms with van der Waals surface area (Å²) in [4.78, 5) is 33.4. The van der Waals surface area contributed by atoms with Crippen molar-refractivity contribution in [3.8, 4) is 6.07 Å². The maximum Gasteiger partial charge on any atom is 0.332 e. The Bertz CT molecular complexity index is 1220. The number of rotatable bonds is 3. The van der Waals surface area contributed by atoms with Gasteiger partial charge in [0.05, 0.1) is 28.6 Å². The molecule has 2 unspecified atom stereocenters. The number of anilines is 1. The molecule has 3 aliphatic rings. The Hall–Kier alpha value is -3.03. The molecule has 2 bridgehead atoms. The molecule has 3 amide bonds. The van der Waals surface area contributed by atoms with Crippen molar-refractivity contribution in [1.29, 1.82) is 5.26 Å². The highest BCUT2D eigenvalue weighted by Crippen LogP contribution is 2.44. The second-order valence-electron chi connectivity index (χ2n) is 7.38. The number of nitriles is 1. The van der Waals surface area contributed by atoms with Gasteiger partial charge in [-0.1, -0.05) is 0 Å². The van der Waals surface area contributed by atoms with Crippen molar-refractivity contribution in [2.24, 2.45) is 0 Å². The Morgan fingerprint density at radius 3 is 2.79 bits per heavy atom. The Morgan fingerprint density at radius 2 is 2.07 bits per heavy atom. The number of imide groups is 1. The van der Waals surface area contributed by atoms with E-state index in [1.165, 1.54) is 15.3 Å². The maximum absolute atomic E-state index is 13.3. The lowest BCUT2D eigenvalue weighted by Gasteiger charge is -2.33. The van der Waals surface area contributed by atoms with Gasteiger partial charge in [-0.3, -0.25) is 9.78 Å². The van der Waals surface area contributed by atoms with Crippen LogP contribution in [0.15, 0.2) is 30.5 Å². The van der Waals surface area contributed by atoms with E-state index >= 15 is 0 Å². The molecule has 3 atom stereocenters. The molecule has 3 fully saturated rings. The van der Waals surface area contributed by atoms with Crippen molar-refractivity contribution >= 4 is 38.6 Å². The average Bonchev–Trinajstić information content (AvgIpc) is 3.39. The van der Waals surface area contributed by atoms with Crippen molar-refractivity contribution < 1.29 is 18.0 Å². The predicted octanol–water partition coefficient (Wildman–Crippen LogP) is 1.05. The summed E-state index contributed by atoms with van der Waals surface area (Å²) in [6, 6.07) is 6.47. The van der Waals surface area contributed by atoms with E-state index in [4.69, 9.17) is 0 Å². The van der Waals surface area contributed by atoms with Crippen molar-refractivity contribution in [2.75, 3.05) is 17.2 Å². The van der Waals surface area contributed by atoms with E-state index in [-0.39, 0.29) is 18.3 Å². The van der Waals surface area contributed by atoms with Gasteiger partial charge in [0.2, 0.25) is 10.0 Å². The molecule has 0 radical (unpaired) electrons. The number of benzene rings is 1. The van der Waals surface area contributed by atoms with E-state index < -0.39 is 34.0 Å². The molecule has 4 heterocycles. The number of hydrogen-bond donors (Lipinski definition) is 0. The molecule has 10 heteroatoms. The fourth-order valence-corrected chi connectivity index (χ4v) is 6.11. The monoisotopic (exact) mass is 411 g/mol. The lowest BCUT2D eigenvalue weighted by atomic mass is 10.1. The highest BCUT2D eigenvalue weighted by Gasteiger charge is 2.63. The highest BCUT2D eigenvalue weighted by molar-refractivity contribution is 7.89. The van der Waals surface area contributed by atoms with Crippen LogP contribution in [0.5, 0.6) is 0 Å². The average molecular weight is 411 g/mol. The lowest BCUT2D eigenvalue weighted by Crippen LogP contribution is -2.55. The fraction of sp³-hybridized carbons (Fsp3) is 0.368. The van der Waals surface area contributed by atoms with Crippen LogP contribution in [0.2, 0.25) is 0 Å². The molecule has 9 nitrogen and oxygen atoms in total. The first-order valence-electron chi connectivity index (χ1n) is 9.32. The number of aromatic nitrogens is 1. The summed E-state index contributed by atoms with van der Waals surface area (Å²) in [5, 5.41) is 9.85.